The fourth-order valence-corrected chi connectivity index (χ4v) is 3.18. The molecule has 0 unspecified atom stereocenters. The van der Waals surface area contributed by atoms with Gasteiger partial charge in [0.15, 0.2) is 5.65 Å². The molecule has 0 atom stereocenters. The lowest BCUT2D eigenvalue weighted by Gasteiger charge is -2.36. The molecule has 4 heterocycles. The molecule has 0 amide bonds. The smallest absolute Gasteiger partial charge is 0.153 e. The Morgan fingerprint density at radius 3 is 2.46 bits per heavy atom. The van der Waals surface area contributed by atoms with Crippen LogP contribution in [0, 0.1) is 20.8 Å². The topological polar surface area (TPSA) is 62.5 Å². The quantitative estimate of drug-likeness (QED) is 0.716. The molecule has 0 bridgehead atoms. The molecule has 0 spiro atoms. The van der Waals surface area contributed by atoms with E-state index < -0.39 is 0 Å². The van der Waals surface area contributed by atoms with Crippen LogP contribution in [0.25, 0.3) is 5.65 Å². The number of nitrogens with zero attached hydrogens (tertiary/aromatic N) is 7. The normalized spacial score (nSPS) is 15.3. The minimum absolute atomic E-state index is 0.836. The summed E-state index contributed by atoms with van der Waals surface area (Å²) in [5.74, 6) is 2.90. The van der Waals surface area contributed by atoms with Gasteiger partial charge in [0.1, 0.15) is 17.5 Å². The van der Waals surface area contributed by atoms with Crippen LogP contribution in [-0.4, -0.2) is 50.7 Å². The van der Waals surface area contributed by atoms with Crippen LogP contribution >= 0.6 is 0 Å². The Balaban J connectivity index is 1.52. The molecule has 0 saturated carbocycles. The fraction of sp³-hybridized carbons (Fsp3) is 0.412. The molecule has 124 valence electrons. The monoisotopic (exact) mass is 323 g/mol. The molecule has 0 N–H and O–H groups in total. The van der Waals surface area contributed by atoms with Crippen LogP contribution in [0.3, 0.4) is 0 Å². The molecule has 4 rings (SSSR count). The number of rotatable bonds is 2. The zero-order chi connectivity index (χ0) is 16.7. The maximum absolute atomic E-state index is 4.66. The highest BCUT2D eigenvalue weighted by Crippen LogP contribution is 2.22. The van der Waals surface area contributed by atoms with Crippen molar-refractivity contribution in [2.75, 3.05) is 36.0 Å². The summed E-state index contributed by atoms with van der Waals surface area (Å²) in [5.41, 5.74) is 3.11. The lowest BCUT2D eigenvalue weighted by atomic mass is 10.2. The fourth-order valence-electron chi connectivity index (χ4n) is 3.18. The summed E-state index contributed by atoms with van der Waals surface area (Å²) >= 11 is 0. The van der Waals surface area contributed by atoms with Gasteiger partial charge in [-0.3, -0.25) is 0 Å². The van der Waals surface area contributed by atoms with Crippen molar-refractivity contribution in [2.24, 2.45) is 0 Å². The molecule has 3 aromatic heterocycles. The number of anilines is 2. The number of aromatic nitrogens is 5. The van der Waals surface area contributed by atoms with Gasteiger partial charge in [-0.2, -0.15) is 0 Å². The van der Waals surface area contributed by atoms with Gasteiger partial charge in [0.25, 0.3) is 0 Å². The SMILES string of the molecule is Cc1nc(C)c(C)c(N2CCN(c3ccc4nccn4n3)CC2)n1. The molecule has 3 aromatic rings. The van der Waals surface area contributed by atoms with Crippen molar-refractivity contribution in [1.29, 1.82) is 0 Å². The largest absolute Gasteiger partial charge is 0.353 e. The van der Waals surface area contributed by atoms with Gasteiger partial charge in [-0.05, 0) is 32.9 Å². The Labute approximate surface area is 141 Å². The molecule has 0 aromatic carbocycles. The van der Waals surface area contributed by atoms with Gasteiger partial charge in [-0.25, -0.2) is 19.5 Å². The number of aryl methyl sites for hydroxylation is 2. The first-order valence-electron chi connectivity index (χ1n) is 8.24. The Morgan fingerprint density at radius 2 is 1.67 bits per heavy atom. The number of imidazole rings is 1. The number of hydrogen-bond acceptors (Lipinski definition) is 6. The predicted molar refractivity (Wildman–Crippen MR) is 93.7 cm³/mol. The van der Waals surface area contributed by atoms with E-state index in [2.05, 4.69) is 36.8 Å². The Hall–Kier alpha value is -2.70. The average molecular weight is 323 g/mol. The van der Waals surface area contributed by atoms with Crippen molar-refractivity contribution >= 4 is 17.3 Å². The van der Waals surface area contributed by atoms with E-state index in [0.717, 1.165) is 55.0 Å². The van der Waals surface area contributed by atoms with Crippen LogP contribution in [0.2, 0.25) is 0 Å². The Morgan fingerprint density at radius 1 is 0.917 bits per heavy atom. The summed E-state index contributed by atoms with van der Waals surface area (Å²) in [5, 5.41) is 4.64. The molecule has 1 aliphatic heterocycles. The summed E-state index contributed by atoms with van der Waals surface area (Å²) in [6.07, 6.45) is 3.65. The standard InChI is InChI=1S/C17H21N7/c1-12-13(2)19-14(3)20-17(12)23-10-8-22(9-11-23)16-5-4-15-18-6-7-24(15)21-16/h4-7H,8-11H2,1-3H3. The van der Waals surface area contributed by atoms with Gasteiger partial charge in [0.2, 0.25) is 0 Å². The molecule has 0 radical (unpaired) electrons. The van der Waals surface area contributed by atoms with E-state index in [1.807, 2.05) is 36.7 Å². The van der Waals surface area contributed by atoms with Gasteiger partial charge < -0.3 is 9.80 Å². The zero-order valence-corrected chi connectivity index (χ0v) is 14.3. The maximum Gasteiger partial charge on any atom is 0.153 e. The van der Waals surface area contributed by atoms with Crippen LogP contribution in [-0.2, 0) is 0 Å². The van der Waals surface area contributed by atoms with Crippen molar-refractivity contribution in [2.45, 2.75) is 20.8 Å². The average Bonchev–Trinajstić information content (AvgIpc) is 3.06. The zero-order valence-electron chi connectivity index (χ0n) is 14.3. The van der Waals surface area contributed by atoms with Gasteiger partial charge in [-0.15, -0.1) is 5.10 Å². The summed E-state index contributed by atoms with van der Waals surface area (Å²) in [6.45, 7) is 9.82. The second-order valence-corrected chi connectivity index (χ2v) is 6.20. The van der Waals surface area contributed by atoms with Crippen molar-refractivity contribution in [1.82, 2.24) is 24.6 Å². The molecule has 7 heteroatoms. The first-order valence-corrected chi connectivity index (χ1v) is 8.24. The highest BCUT2D eigenvalue weighted by Gasteiger charge is 2.21. The van der Waals surface area contributed by atoms with Crippen LogP contribution in [0.4, 0.5) is 11.6 Å². The molecule has 1 fully saturated rings. The third-order valence-corrected chi connectivity index (χ3v) is 4.62. The maximum atomic E-state index is 4.66. The number of fused-ring (bicyclic) bond motifs is 1. The minimum atomic E-state index is 0.836. The van der Waals surface area contributed by atoms with E-state index in [0.29, 0.717) is 0 Å². The molecular formula is C17H21N7. The predicted octanol–water partition coefficient (Wildman–Crippen LogP) is 1.77. The molecule has 1 saturated heterocycles. The van der Waals surface area contributed by atoms with E-state index in [1.54, 1.807) is 6.20 Å². The van der Waals surface area contributed by atoms with E-state index >= 15 is 0 Å². The Bertz CT molecular complexity index is 878. The summed E-state index contributed by atoms with van der Waals surface area (Å²) in [7, 11) is 0. The lowest BCUT2D eigenvalue weighted by Crippen LogP contribution is -2.47. The van der Waals surface area contributed by atoms with E-state index in [4.69, 9.17) is 0 Å². The van der Waals surface area contributed by atoms with Gasteiger partial charge in [0, 0.05) is 49.8 Å². The highest BCUT2D eigenvalue weighted by molar-refractivity contribution is 5.51. The second-order valence-electron chi connectivity index (χ2n) is 6.20. The van der Waals surface area contributed by atoms with Gasteiger partial charge in [-0.1, -0.05) is 0 Å². The summed E-state index contributed by atoms with van der Waals surface area (Å²) in [4.78, 5) is 18.0. The van der Waals surface area contributed by atoms with Gasteiger partial charge >= 0.3 is 0 Å². The summed E-state index contributed by atoms with van der Waals surface area (Å²) < 4.78 is 1.82. The first kappa shape index (κ1) is 14.9. The van der Waals surface area contributed by atoms with Crippen LogP contribution in [0.15, 0.2) is 24.5 Å². The second kappa shape index (κ2) is 5.74. The van der Waals surface area contributed by atoms with Gasteiger partial charge in [0.05, 0.1) is 0 Å². The molecule has 1 aliphatic rings. The Kier molecular flexibility index (Phi) is 3.55. The highest BCUT2D eigenvalue weighted by atomic mass is 15.4. The van der Waals surface area contributed by atoms with Crippen LogP contribution in [0.1, 0.15) is 17.1 Å². The molecular weight excluding hydrogens is 302 g/mol. The number of hydrogen-bond donors (Lipinski definition) is 0. The third-order valence-electron chi connectivity index (χ3n) is 4.62. The van der Waals surface area contributed by atoms with Crippen molar-refractivity contribution in [3.63, 3.8) is 0 Å². The van der Waals surface area contributed by atoms with E-state index in [9.17, 15) is 0 Å². The van der Waals surface area contributed by atoms with Crippen molar-refractivity contribution < 1.29 is 0 Å². The van der Waals surface area contributed by atoms with Crippen molar-refractivity contribution in [3.8, 4) is 0 Å². The van der Waals surface area contributed by atoms with Crippen LogP contribution in [0.5, 0.6) is 0 Å². The molecule has 7 nitrogen and oxygen atoms in total. The van der Waals surface area contributed by atoms with Crippen molar-refractivity contribution in [3.05, 3.63) is 41.6 Å². The lowest BCUT2D eigenvalue weighted by molar-refractivity contribution is 0.632. The van der Waals surface area contributed by atoms with Crippen LogP contribution < -0.4 is 9.80 Å². The molecule has 0 aliphatic carbocycles. The van der Waals surface area contributed by atoms with E-state index in [1.165, 1.54) is 5.56 Å². The first-order chi connectivity index (χ1) is 11.6. The molecule has 24 heavy (non-hydrogen) atoms. The number of piperazine rings is 1. The summed E-state index contributed by atoms with van der Waals surface area (Å²) in [6, 6.07) is 4.05. The van der Waals surface area contributed by atoms with E-state index in [-0.39, 0.29) is 0 Å². The third kappa shape index (κ3) is 2.55. The minimum Gasteiger partial charge on any atom is -0.353 e.